The summed E-state index contributed by atoms with van der Waals surface area (Å²) in [4.78, 5) is 37.5. The number of nitrogens with zero attached hydrogens (tertiary/aromatic N) is 1. The number of ether oxygens (including phenoxy) is 1. The van der Waals surface area contributed by atoms with Crippen LogP contribution in [0.2, 0.25) is 0 Å². The first kappa shape index (κ1) is 17.2. The van der Waals surface area contributed by atoms with Crippen molar-refractivity contribution in [3.05, 3.63) is 72.2 Å². The smallest absolute Gasteiger partial charge is 0.331 e. The Labute approximate surface area is 149 Å². The van der Waals surface area contributed by atoms with Gasteiger partial charge in [0.2, 0.25) is 0 Å². The maximum absolute atomic E-state index is 12.6. The molecule has 1 aliphatic heterocycles. The fraction of sp³-hybridized carbons (Fsp3) is 0.105. The number of furan rings is 1. The molecular weight excluding hydrogens is 336 g/mol. The third kappa shape index (κ3) is 3.72. The fourth-order valence-corrected chi connectivity index (χ4v) is 2.38. The zero-order valence-electron chi connectivity index (χ0n) is 13.8. The number of barbiturate groups is 1. The van der Waals surface area contributed by atoms with Gasteiger partial charge in [-0.3, -0.25) is 19.8 Å². The number of nitrogens with one attached hydrogen (secondary N) is 1. The second kappa shape index (κ2) is 7.52. The molecule has 132 valence electrons. The van der Waals surface area contributed by atoms with Crippen LogP contribution < -0.4 is 10.1 Å². The Morgan fingerprint density at radius 3 is 2.58 bits per heavy atom. The Bertz CT molecular complexity index is 866. The maximum Gasteiger partial charge on any atom is 0.331 e. The van der Waals surface area contributed by atoms with E-state index >= 15 is 0 Å². The summed E-state index contributed by atoms with van der Waals surface area (Å²) in [5, 5.41) is 2.16. The average Bonchev–Trinajstić information content (AvgIpc) is 3.15. The van der Waals surface area contributed by atoms with E-state index in [2.05, 4.69) is 11.9 Å². The molecule has 1 aliphatic rings. The molecule has 0 spiro atoms. The summed E-state index contributed by atoms with van der Waals surface area (Å²) in [7, 11) is 0. The molecule has 2 aromatic rings. The number of hydrogen-bond donors (Lipinski definition) is 1. The van der Waals surface area contributed by atoms with E-state index in [1.54, 1.807) is 42.5 Å². The van der Waals surface area contributed by atoms with Gasteiger partial charge in [-0.25, -0.2) is 4.79 Å². The molecule has 0 unspecified atom stereocenters. The van der Waals surface area contributed by atoms with Crippen LogP contribution in [-0.2, 0) is 16.1 Å². The van der Waals surface area contributed by atoms with E-state index in [1.165, 1.54) is 12.3 Å². The van der Waals surface area contributed by atoms with Gasteiger partial charge >= 0.3 is 6.03 Å². The second-order valence-electron chi connectivity index (χ2n) is 5.46. The van der Waals surface area contributed by atoms with E-state index < -0.39 is 17.8 Å². The molecule has 7 nitrogen and oxygen atoms in total. The number of amides is 4. The molecule has 0 bridgehead atoms. The van der Waals surface area contributed by atoms with Crippen molar-refractivity contribution < 1.29 is 23.5 Å². The SMILES string of the molecule is C=CCOc1ccc(/C=C2\C(=O)NC(=O)N(Cc3ccco3)C2=O)cc1. The van der Waals surface area contributed by atoms with Gasteiger partial charge in [0.1, 0.15) is 23.7 Å². The van der Waals surface area contributed by atoms with Crippen LogP contribution >= 0.6 is 0 Å². The number of carbonyl (C=O) groups is 3. The molecule has 0 atom stereocenters. The van der Waals surface area contributed by atoms with Crippen LogP contribution in [0, 0.1) is 0 Å². The van der Waals surface area contributed by atoms with E-state index in [0.717, 1.165) is 4.90 Å². The molecule has 1 aromatic heterocycles. The van der Waals surface area contributed by atoms with Crippen molar-refractivity contribution in [2.45, 2.75) is 6.54 Å². The number of hydrogen-bond acceptors (Lipinski definition) is 5. The quantitative estimate of drug-likeness (QED) is 0.490. The molecule has 1 saturated heterocycles. The van der Waals surface area contributed by atoms with Crippen LogP contribution in [0.25, 0.3) is 6.08 Å². The number of urea groups is 1. The van der Waals surface area contributed by atoms with Crippen molar-refractivity contribution in [3.8, 4) is 5.75 Å². The van der Waals surface area contributed by atoms with E-state index in [-0.39, 0.29) is 12.1 Å². The van der Waals surface area contributed by atoms with Crippen LogP contribution in [0.1, 0.15) is 11.3 Å². The summed E-state index contributed by atoms with van der Waals surface area (Å²) in [5.74, 6) is -0.336. The first-order valence-corrected chi connectivity index (χ1v) is 7.83. The zero-order chi connectivity index (χ0) is 18.5. The van der Waals surface area contributed by atoms with Crippen molar-refractivity contribution in [3.63, 3.8) is 0 Å². The molecular formula is C19H16N2O5. The van der Waals surface area contributed by atoms with Crippen molar-refractivity contribution in [2.24, 2.45) is 0 Å². The summed E-state index contributed by atoms with van der Waals surface area (Å²) < 4.78 is 10.5. The van der Waals surface area contributed by atoms with Gasteiger partial charge in [-0.15, -0.1) is 0 Å². The minimum absolute atomic E-state index is 0.0589. The highest BCUT2D eigenvalue weighted by Crippen LogP contribution is 2.19. The lowest BCUT2D eigenvalue weighted by Crippen LogP contribution is -2.53. The van der Waals surface area contributed by atoms with Gasteiger partial charge < -0.3 is 9.15 Å². The molecule has 1 N–H and O–H groups in total. The molecule has 3 rings (SSSR count). The second-order valence-corrected chi connectivity index (χ2v) is 5.46. The van der Waals surface area contributed by atoms with Crippen LogP contribution in [0.4, 0.5) is 4.79 Å². The van der Waals surface area contributed by atoms with E-state index in [1.807, 2.05) is 0 Å². The lowest BCUT2D eigenvalue weighted by molar-refractivity contribution is -0.130. The first-order chi connectivity index (χ1) is 12.6. The van der Waals surface area contributed by atoms with Crippen molar-refractivity contribution in [2.75, 3.05) is 6.61 Å². The highest BCUT2D eigenvalue weighted by atomic mass is 16.5. The summed E-state index contributed by atoms with van der Waals surface area (Å²) in [6.07, 6.45) is 4.50. The molecule has 0 aliphatic carbocycles. The Morgan fingerprint density at radius 1 is 1.15 bits per heavy atom. The van der Waals surface area contributed by atoms with Crippen LogP contribution in [0.5, 0.6) is 5.75 Å². The third-order valence-electron chi connectivity index (χ3n) is 3.64. The van der Waals surface area contributed by atoms with Crippen LogP contribution in [-0.4, -0.2) is 29.4 Å². The molecule has 0 saturated carbocycles. The standard InChI is InChI=1S/C19H16N2O5/c1-2-9-25-14-7-5-13(6-8-14)11-16-17(22)20-19(24)21(18(16)23)12-15-4-3-10-26-15/h2-8,10-11H,1,9,12H2,(H,20,22,24)/b16-11+. The number of benzene rings is 1. The summed E-state index contributed by atoms with van der Waals surface area (Å²) in [6.45, 7) is 3.89. The Morgan fingerprint density at radius 2 is 1.92 bits per heavy atom. The fourth-order valence-electron chi connectivity index (χ4n) is 2.38. The van der Waals surface area contributed by atoms with E-state index in [0.29, 0.717) is 23.7 Å². The van der Waals surface area contributed by atoms with Crippen LogP contribution in [0.15, 0.2) is 65.3 Å². The third-order valence-corrected chi connectivity index (χ3v) is 3.64. The van der Waals surface area contributed by atoms with Gasteiger partial charge in [0.15, 0.2) is 0 Å². The van der Waals surface area contributed by atoms with Gasteiger partial charge in [0.25, 0.3) is 11.8 Å². The summed E-state index contributed by atoms with van der Waals surface area (Å²) in [6, 6.07) is 9.36. The maximum atomic E-state index is 12.6. The van der Waals surface area contributed by atoms with Gasteiger partial charge in [-0.05, 0) is 35.9 Å². The topological polar surface area (TPSA) is 88.8 Å². The minimum Gasteiger partial charge on any atom is -0.490 e. The molecule has 4 amide bonds. The van der Waals surface area contributed by atoms with Gasteiger partial charge in [0, 0.05) is 0 Å². The number of rotatable bonds is 6. The lowest BCUT2D eigenvalue weighted by Gasteiger charge is -2.25. The summed E-state index contributed by atoms with van der Waals surface area (Å²) in [5.41, 5.74) is 0.498. The van der Waals surface area contributed by atoms with Crippen molar-refractivity contribution in [1.29, 1.82) is 0 Å². The highest BCUT2D eigenvalue weighted by molar-refractivity contribution is 6.30. The van der Waals surface area contributed by atoms with Gasteiger partial charge in [-0.2, -0.15) is 0 Å². The molecule has 1 aromatic carbocycles. The predicted molar refractivity (Wildman–Crippen MR) is 92.9 cm³/mol. The predicted octanol–water partition coefficient (Wildman–Crippen LogP) is 2.51. The monoisotopic (exact) mass is 352 g/mol. The average molecular weight is 352 g/mol. The van der Waals surface area contributed by atoms with Crippen molar-refractivity contribution in [1.82, 2.24) is 10.2 Å². The lowest BCUT2D eigenvalue weighted by atomic mass is 10.1. The molecule has 7 heteroatoms. The first-order valence-electron chi connectivity index (χ1n) is 7.83. The molecule has 2 heterocycles. The highest BCUT2D eigenvalue weighted by Gasteiger charge is 2.36. The zero-order valence-corrected chi connectivity index (χ0v) is 13.8. The van der Waals surface area contributed by atoms with Crippen molar-refractivity contribution >= 4 is 23.9 Å². The van der Waals surface area contributed by atoms with Crippen LogP contribution in [0.3, 0.4) is 0 Å². The normalized spacial score (nSPS) is 15.9. The Balaban J connectivity index is 1.81. The Kier molecular flexibility index (Phi) is 4.98. The molecule has 1 fully saturated rings. The van der Waals surface area contributed by atoms with E-state index in [4.69, 9.17) is 9.15 Å². The number of carbonyl (C=O) groups excluding carboxylic acids is 3. The molecule has 0 radical (unpaired) electrons. The van der Waals surface area contributed by atoms with E-state index in [9.17, 15) is 14.4 Å². The molecule has 26 heavy (non-hydrogen) atoms. The van der Waals surface area contributed by atoms with Gasteiger partial charge in [0.05, 0.1) is 12.8 Å². The number of imide groups is 2. The largest absolute Gasteiger partial charge is 0.490 e. The van der Waals surface area contributed by atoms with Gasteiger partial charge in [-0.1, -0.05) is 24.8 Å². The minimum atomic E-state index is -0.776. The Hall–Kier alpha value is -3.61. The summed E-state index contributed by atoms with van der Waals surface area (Å²) >= 11 is 0.